The molecular formula is C33H34N4O3. The Bertz CT molecular complexity index is 1600. The number of aryl methyl sites for hydroxylation is 2. The average molecular weight is 535 g/mol. The number of ether oxygens (including phenoxy) is 1. The lowest BCUT2D eigenvalue weighted by atomic mass is 9.99. The van der Waals surface area contributed by atoms with E-state index in [0.29, 0.717) is 29.1 Å². The third kappa shape index (κ3) is 6.43. The van der Waals surface area contributed by atoms with E-state index in [0.717, 1.165) is 38.9 Å². The van der Waals surface area contributed by atoms with Gasteiger partial charge in [0.25, 0.3) is 11.8 Å². The molecule has 2 amide bonds. The maximum absolute atomic E-state index is 13.6. The summed E-state index contributed by atoms with van der Waals surface area (Å²) in [5, 5.41) is 3.77. The van der Waals surface area contributed by atoms with Gasteiger partial charge in [0, 0.05) is 41.6 Å². The molecule has 0 saturated heterocycles. The van der Waals surface area contributed by atoms with Gasteiger partial charge in [-0.3, -0.25) is 14.6 Å². The summed E-state index contributed by atoms with van der Waals surface area (Å²) < 4.78 is 5.65. The van der Waals surface area contributed by atoms with Crippen LogP contribution in [-0.2, 0) is 4.74 Å². The molecule has 2 aromatic heterocycles. The molecule has 40 heavy (non-hydrogen) atoms. The number of pyridine rings is 2. The summed E-state index contributed by atoms with van der Waals surface area (Å²) in [6.45, 7) is 10.1. The highest BCUT2D eigenvalue weighted by molar-refractivity contribution is 6.13. The van der Waals surface area contributed by atoms with Gasteiger partial charge in [-0.05, 0) is 94.3 Å². The van der Waals surface area contributed by atoms with Crippen LogP contribution in [0.1, 0.15) is 52.6 Å². The second-order valence-electron chi connectivity index (χ2n) is 9.98. The Morgan fingerprint density at radius 2 is 1.80 bits per heavy atom. The van der Waals surface area contributed by atoms with Crippen molar-refractivity contribution in [1.29, 1.82) is 0 Å². The maximum Gasteiger partial charge on any atom is 0.256 e. The Morgan fingerprint density at radius 1 is 1.05 bits per heavy atom. The summed E-state index contributed by atoms with van der Waals surface area (Å²) in [7, 11) is 1.73. The second-order valence-corrected chi connectivity index (χ2v) is 9.98. The van der Waals surface area contributed by atoms with E-state index in [4.69, 9.17) is 9.72 Å². The molecule has 2 heterocycles. The van der Waals surface area contributed by atoms with Crippen LogP contribution in [-0.4, -0.2) is 40.3 Å². The molecule has 0 saturated carbocycles. The van der Waals surface area contributed by atoms with Gasteiger partial charge in [0.2, 0.25) is 0 Å². The highest BCUT2D eigenvalue weighted by Gasteiger charge is 2.18. The lowest BCUT2D eigenvalue weighted by molar-refractivity contribution is 0.0789. The lowest BCUT2D eigenvalue weighted by Gasteiger charge is -2.20. The van der Waals surface area contributed by atoms with Gasteiger partial charge in [0.05, 0.1) is 29.6 Å². The first-order valence-electron chi connectivity index (χ1n) is 13.1. The van der Waals surface area contributed by atoms with Crippen LogP contribution in [0.2, 0.25) is 0 Å². The number of aromatic nitrogens is 2. The van der Waals surface area contributed by atoms with Crippen molar-refractivity contribution in [2.45, 2.75) is 34.6 Å². The predicted octanol–water partition coefficient (Wildman–Crippen LogP) is 7.08. The molecule has 4 aromatic rings. The predicted molar refractivity (Wildman–Crippen MR) is 160 cm³/mol. The van der Waals surface area contributed by atoms with Gasteiger partial charge in [-0.15, -0.1) is 0 Å². The SMILES string of the molecule is C/C=C\OC(CN(C)C(=O)c1ccc(NC(=O)c2cc(-c3cccnc3)nc3c(C)cc(C)cc23)cc1)=C(C)C. The largest absolute Gasteiger partial charge is 0.468 e. The van der Waals surface area contributed by atoms with Crippen molar-refractivity contribution in [3.63, 3.8) is 0 Å². The molecular weight excluding hydrogens is 500 g/mol. The van der Waals surface area contributed by atoms with Crippen LogP contribution in [0.25, 0.3) is 22.2 Å². The van der Waals surface area contributed by atoms with Gasteiger partial charge < -0.3 is 15.0 Å². The van der Waals surface area contributed by atoms with Crippen molar-refractivity contribution in [2.24, 2.45) is 0 Å². The van der Waals surface area contributed by atoms with E-state index in [-0.39, 0.29) is 11.8 Å². The Hall–Kier alpha value is -4.78. The number of carbonyl (C=O) groups excluding carboxylic acids is 2. The number of hydrogen-bond acceptors (Lipinski definition) is 5. The molecule has 204 valence electrons. The second kappa shape index (κ2) is 12.4. The van der Waals surface area contributed by atoms with Crippen molar-refractivity contribution in [3.8, 4) is 11.3 Å². The first kappa shape index (κ1) is 28.2. The van der Waals surface area contributed by atoms with E-state index >= 15 is 0 Å². The summed E-state index contributed by atoms with van der Waals surface area (Å²) in [5.74, 6) is 0.319. The number of allylic oxidation sites excluding steroid dienone is 2. The van der Waals surface area contributed by atoms with E-state index in [1.54, 1.807) is 67.0 Å². The highest BCUT2D eigenvalue weighted by atomic mass is 16.5. The summed E-state index contributed by atoms with van der Waals surface area (Å²) in [4.78, 5) is 37.3. The van der Waals surface area contributed by atoms with Gasteiger partial charge in [-0.25, -0.2) is 4.98 Å². The van der Waals surface area contributed by atoms with Gasteiger partial charge in [-0.1, -0.05) is 17.7 Å². The fraction of sp³-hybridized carbons (Fsp3) is 0.212. The minimum absolute atomic E-state index is 0.145. The number of anilines is 1. The van der Waals surface area contributed by atoms with Crippen LogP contribution in [0, 0.1) is 13.8 Å². The first-order chi connectivity index (χ1) is 19.2. The van der Waals surface area contributed by atoms with E-state index < -0.39 is 0 Å². The first-order valence-corrected chi connectivity index (χ1v) is 13.1. The molecule has 0 spiro atoms. The standard InChI is InChI=1S/C33H34N4O3/c1-7-15-40-30(21(2)3)20-37(6)33(39)24-10-12-26(13-11-24)35-32(38)28-18-29(25-9-8-14-34-19-25)36-31-23(5)16-22(4)17-27(28)31/h7-19H,20H2,1-6H3,(H,35,38)/b15-7-. The molecule has 0 bridgehead atoms. The summed E-state index contributed by atoms with van der Waals surface area (Å²) in [6.07, 6.45) is 6.84. The Morgan fingerprint density at radius 3 is 2.45 bits per heavy atom. The fourth-order valence-corrected chi connectivity index (χ4v) is 4.40. The van der Waals surface area contributed by atoms with Crippen molar-refractivity contribution in [1.82, 2.24) is 14.9 Å². The third-order valence-corrected chi connectivity index (χ3v) is 6.47. The minimum atomic E-state index is -0.256. The average Bonchev–Trinajstić information content (AvgIpc) is 2.95. The van der Waals surface area contributed by atoms with E-state index in [2.05, 4.69) is 16.4 Å². The summed E-state index contributed by atoms with van der Waals surface area (Å²) >= 11 is 0. The normalized spacial score (nSPS) is 10.9. The smallest absolute Gasteiger partial charge is 0.256 e. The molecule has 0 aliphatic carbocycles. The summed E-state index contributed by atoms with van der Waals surface area (Å²) in [6, 6.07) is 16.5. The quantitative estimate of drug-likeness (QED) is 0.244. The van der Waals surface area contributed by atoms with Crippen LogP contribution in [0.5, 0.6) is 0 Å². The molecule has 2 aromatic carbocycles. The number of rotatable bonds is 8. The van der Waals surface area contributed by atoms with Crippen LogP contribution < -0.4 is 5.32 Å². The van der Waals surface area contributed by atoms with Gasteiger partial charge in [-0.2, -0.15) is 0 Å². The van der Waals surface area contributed by atoms with E-state index in [1.165, 1.54) is 0 Å². The van der Waals surface area contributed by atoms with Gasteiger partial charge >= 0.3 is 0 Å². The van der Waals surface area contributed by atoms with Crippen LogP contribution in [0.15, 0.2) is 90.7 Å². The van der Waals surface area contributed by atoms with Crippen molar-refractivity contribution >= 4 is 28.4 Å². The van der Waals surface area contributed by atoms with Crippen molar-refractivity contribution in [2.75, 3.05) is 18.9 Å². The molecule has 0 radical (unpaired) electrons. The zero-order chi connectivity index (χ0) is 28.8. The number of benzene rings is 2. The molecule has 0 unspecified atom stereocenters. The minimum Gasteiger partial charge on any atom is -0.468 e. The molecule has 0 fully saturated rings. The number of likely N-dealkylation sites (N-methyl/N-ethyl adjacent to an activating group) is 1. The molecule has 0 aliphatic heterocycles. The van der Waals surface area contributed by atoms with Crippen molar-refractivity contribution < 1.29 is 14.3 Å². The van der Waals surface area contributed by atoms with E-state index in [1.807, 2.05) is 52.8 Å². The number of carbonyl (C=O) groups is 2. The molecule has 1 N–H and O–H groups in total. The Labute approximate surface area is 235 Å². The fourth-order valence-electron chi connectivity index (χ4n) is 4.40. The molecule has 7 nitrogen and oxygen atoms in total. The Kier molecular flexibility index (Phi) is 8.74. The topological polar surface area (TPSA) is 84.4 Å². The van der Waals surface area contributed by atoms with Crippen LogP contribution in [0.4, 0.5) is 5.69 Å². The highest BCUT2D eigenvalue weighted by Crippen LogP contribution is 2.28. The van der Waals surface area contributed by atoms with Gasteiger partial charge in [0.1, 0.15) is 5.76 Å². The monoisotopic (exact) mass is 534 g/mol. The molecule has 0 atom stereocenters. The van der Waals surface area contributed by atoms with Crippen molar-refractivity contribution in [3.05, 3.63) is 113 Å². The Balaban J connectivity index is 1.58. The lowest BCUT2D eigenvalue weighted by Crippen LogP contribution is -2.29. The number of fused-ring (bicyclic) bond motifs is 1. The molecule has 0 aliphatic rings. The third-order valence-electron chi connectivity index (χ3n) is 6.47. The maximum atomic E-state index is 13.6. The number of hydrogen-bond donors (Lipinski definition) is 1. The zero-order valence-corrected chi connectivity index (χ0v) is 23.8. The van der Waals surface area contributed by atoms with Gasteiger partial charge in [0.15, 0.2) is 0 Å². The number of nitrogens with zero attached hydrogens (tertiary/aromatic N) is 3. The number of nitrogens with one attached hydrogen (secondary N) is 1. The van der Waals surface area contributed by atoms with Crippen LogP contribution >= 0.6 is 0 Å². The molecule has 4 rings (SSSR count). The molecule has 7 heteroatoms. The van der Waals surface area contributed by atoms with Crippen LogP contribution in [0.3, 0.4) is 0 Å². The number of amides is 2. The summed E-state index contributed by atoms with van der Waals surface area (Å²) in [5.41, 5.74) is 6.94. The van der Waals surface area contributed by atoms with E-state index in [9.17, 15) is 9.59 Å². The zero-order valence-electron chi connectivity index (χ0n) is 23.8.